The summed E-state index contributed by atoms with van der Waals surface area (Å²) in [6.45, 7) is 5.64. The van der Waals surface area contributed by atoms with E-state index in [-0.39, 0.29) is 0 Å². The Balaban J connectivity index is 1.73. The van der Waals surface area contributed by atoms with Crippen molar-refractivity contribution in [2.75, 3.05) is 48.3 Å². The molecule has 22 heavy (non-hydrogen) atoms. The van der Waals surface area contributed by atoms with Crippen molar-refractivity contribution in [3.05, 3.63) is 35.4 Å². The molecule has 0 amide bonds. The minimum absolute atomic E-state index is 0.454. The maximum atomic E-state index is 6.13. The quantitative estimate of drug-likeness (QED) is 0.876. The van der Waals surface area contributed by atoms with Crippen LogP contribution in [0.4, 0.5) is 17.3 Å². The van der Waals surface area contributed by atoms with Crippen LogP contribution in [-0.4, -0.2) is 48.2 Å². The second-order valence-corrected chi connectivity index (χ2v) is 5.64. The van der Waals surface area contributed by atoms with Crippen molar-refractivity contribution < 1.29 is 0 Å². The van der Waals surface area contributed by atoms with Crippen LogP contribution in [0, 0.1) is 6.92 Å². The van der Waals surface area contributed by atoms with Gasteiger partial charge >= 0.3 is 0 Å². The Morgan fingerprint density at radius 1 is 1.09 bits per heavy atom. The van der Waals surface area contributed by atoms with Gasteiger partial charge in [0.25, 0.3) is 0 Å². The first-order chi connectivity index (χ1) is 10.7. The van der Waals surface area contributed by atoms with Gasteiger partial charge in [0.15, 0.2) is 11.0 Å². The zero-order valence-corrected chi connectivity index (χ0v) is 13.5. The molecule has 1 N–H and O–H groups in total. The number of halogens is 1. The fourth-order valence-electron chi connectivity index (χ4n) is 2.65. The zero-order chi connectivity index (χ0) is 15.5. The zero-order valence-electron chi connectivity index (χ0n) is 12.8. The first kappa shape index (κ1) is 14.8. The van der Waals surface area contributed by atoms with Crippen molar-refractivity contribution in [2.45, 2.75) is 6.92 Å². The molecule has 1 aliphatic heterocycles. The summed E-state index contributed by atoms with van der Waals surface area (Å²) in [5.74, 6) is 1.90. The third-order valence-electron chi connectivity index (χ3n) is 3.84. The molecular weight excluding hydrogens is 300 g/mol. The lowest BCUT2D eigenvalue weighted by Crippen LogP contribution is -2.47. The van der Waals surface area contributed by atoms with Gasteiger partial charge < -0.3 is 15.1 Å². The number of aryl methyl sites for hydroxylation is 1. The number of hydrogen-bond donors (Lipinski definition) is 1. The molecule has 1 saturated heterocycles. The molecule has 0 aromatic carbocycles. The predicted octanol–water partition coefficient (Wildman–Crippen LogP) is 2.20. The highest BCUT2D eigenvalue weighted by molar-refractivity contribution is 6.32. The summed E-state index contributed by atoms with van der Waals surface area (Å²) in [4.78, 5) is 17.4. The Kier molecular flexibility index (Phi) is 4.29. The van der Waals surface area contributed by atoms with Gasteiger partial charge in [0.05, 0.1) is 0 Å². The molecule has 0 aliphatic carbocycles. The van der Waals surface area contributed by atoms with Gasteiger partial charge in [0.1, 0.15) is 17.8 Å². The largest absolute Gasteiger partial charge is 0.383 e. The molecule has 1 fully saturated rings. The van der Waals surface area contributed by atoms with Gasteiger partial charge in [-0.15, -0.1) is 0 Å². The highest BCUT2D eigenvalue weighted by Crippen LogP contribution is 2.29. The monoisotopic (exact) mass is 318 g/mol. The predicted molar refractivity (Wildman–Crippen MR) is 90.0 cm³/mol. The molecule has 6 nitrogen and oxygen atoms in total. The summed E-state index contributed by atoms with van der Waals surface area (Å²) >= 11 is 6.13. The molecule has 2 aromatic heterocycles. The van der Waals surface area contributed by atoms with Gasteiger partial charge in [0, 0.05) is 39.4 Å². The van der Waals surface area contributed by atoms with Crippen molar-refractivity contribution >= 4 is 28.9 Å². The molecule has 0 saturated carbocycles. The number of hydrogen-bond acceptors (Lipinski definition) is 6. The van der Waals surface area contributed by atoms with Gasteiger partial charge in [-0.3, -0.25) is 0 Å². The molecule has 0 spiro atoms. The molecule has 1 aliphatic rings. The van der Waals surface area contributed by atoms with Crippen LogP contribution in [0.15, 0.2) is 24.7 Å². The Labute approximate surface area is 135 Å². The average molecular weight is 319 g/mol. The lowest BCUT2D eigenvalue weighted by molar-refractivity contribution is 0.641. The molecule has 2 aromatic rings. The fraction of sp³-hybridized carbons (Fsp3) is 0.400. The highest BCUT2D eigenvalue weighted by Gasteiger charge is 2.22. The molecule has 3 heterocycles. The lowest BCUT2D eigenvalue weighted by atomic mass is 10.2. The maximum absolute atomic E-state index is 6.13. The summed E-state index contributed by atoms with van der Waals surface area (Å²) in [6.07, 6.45) is 3.37. The Morgan fingerprint density at radius 3 is 2.50 bits per heavy atom. The summed E-state index contributed by atoms with van der Waals surface area (Å²) in [5, 5.41) is 3.54. The minimum atomic E-state index is 0.454. The molecule has 0 bridgehead atoms. The molecule has 7 heteroatoms. The number of piperazine rings is 1. The van der Waals surface area contributed by atoms with Crippen LogP contribution in [0.2, 0.25) is 5.15 Å². The first-order valence-electron chi connectivity index (χ1n) is 7.30. The lowest BCUT2D eigenvalue weighted by Gasteiger charge is -2.36. The number of rotatable bonds is 3. The molecule has 3 rings (SSSR count). The minimum Gasteiger partial charge on any atom is -0.383 e. The standard InChI is InChI=1S/C15H19ClN6/c1-11-3-4-18-12(9-11)21-5-7-22(8-6-21)15-13(17-2)14(16)19-10-20-15/h3-4,9-10,17H,5-8H2,1-2H3. The van der Waals surface area contributed by atoms with Crippen molar-refractivity contribution in [3.63, 3.8) is 0 Å². The van der Waals surface area contributed by atoms with Crippen LogP contribution in [0.25, 0.3) is 0 Å². The van der Waals surface area contributed by atoms with Gasteiger partial charge in [-0.1, -0.05) is 11.6 Å². The van der Waals surface area contributed by atoms with Gasteiger partial charge in [-0.25, -0.2) is 15.0 Å². The van der Waals surface area contributed by atoms with E-state index in [9.17, 15) is 0 Å². The van der Waals surface area contributed by atoms with Crippen molar-refractivity contribution in [2.24, 2.45) is 0 Å². The molecule has 116 valence electrons. The summed E-state index contributed by atoms with van der Waals surface area (Å²) in [5.41, 5.74) is 2.01. The third kappa shape index (κ3) is 2.92. The maximum Gasteiger partial charge on any atom is 0.157 e. The van der Waals surface area contributed by atoms with Gasteiger partial charge in [-0.05, 0) is 24.6 Å². The van der Waals surface area contributed by atoms with E-state index in [1.54, 1.807) is 0 Å². The van der Waals surface area contributed by atoms with Crippen LogP contribution in [0.1, 0.15) is 5.56 Å². The van der Waals surface area contributed by atoms with E-state index in [0.29, 0.717) is 5.15 Å². The molecular formula is C15H19ClN6. The fourth-order valence-corrected chi connectivity index (χ4v) is 2.87. The highest BCUT2D eigenvalue weighted by atomic mass is 35.5. The molecule has 0 atom stereocenters. The van der Waals surface area contributed by atoms with E-state index in [2.05, 4.69) is 43.1 Å². The van der Waals surface area contributed by atoms with Crippen LogP contribution < -0.4 is 15.1 Å². The Hall–Kier alpha value is -2.08. The SMILES string of the molecule is CNc1c(Cl)ncnc1N1CCN(c2cc(C)ccn2)CC1. The topological polar surface area (TPSA) is 57.2 Å². The summed E-state index contributed by atoms with van der Waals surface area (Å²) in [7, 11) is 1.83. The number of pyridine rings is 1. The molecule has 0 unspecified atom stereocenters. The van der Waals surface area contributed by atoms with Crippen molar-refractivity contribution in [1.82, 2.24) is 15.0 Å². The van der Waals surface area contributed by atoms with E-state index in [1.165, 1.54) is 11.9 Å². The van der Waals surface area contributed by atoms with Crippen LogP contribution >= 0.6 is 11.6 Å². The Bertz CT molecular complexity index is 654. The van der Waals surface area contributed by atoms with Gasteiger partial charge in [0.2, 0.25) is 0 Å². The number of nitrogens with zero attached hydrogens (tertiary/aromatic N) is 5. The van der Waals surface area contributed by atoms with E-state index in [4.69, 9.17) is 11.6 Å². The average Bonchev–Trinajstić information content (AvgIpc) is 2.55. The number of aromatic nitrogens is 3. The normalized spacial score (nSPS) is 15.0. The smallest absolute Gasteiger partial charge is 0.157 e. The van der Waals surface area contributed by atoms with Gasteiger partial charge in [-0.2, -0.15) is 0 Å². The Morgan fingerprint density at radius 2 is 1.82 bits per heavy atom. The van der Waals surface area contributed by atoms with Crippen LogP contribution in [0.3, 0.4) is 0 Å². The number of nitrogens with one attached hydrogen (secondary N) is 1. The van der Waals surface area contributed by atoms with E-state index >= 15 is 0 Å². The first-order valence-corrected chi connectivity index (χ1v) is 7.67. The second-order valence-electron chi connectivity index (χ2n) is 5.28. The number of anilines is 3. The van der Waals surface area contributed by atoms with E-state index in [0.717, 1.165) is 43.5 Å². The second kappa shape index (κ2) is 6.36. The van der Waals surface area contributed by atoms with Crippen molar-refractivity contribution in [1.29, 1.82) is 0 Å². The summed E-state index contributed by atoms with van der Waals surface area (Å²) in [6, 6.07) is 4.14. The molecule has 0 radical (unpaired) electrons. The third-order valence-corrected chi connectivity index (χ3v) is 4.12. The van der Waals surface area contributed by atoms with Crippen molar-refractivity contribution in [3.8, 4) is 0 Å². The van der Waals surface area contributed by atoms with E-state index in [1.807, 2.05) is 19.3 Å². The van der Waals surface area contributed by atoms with Crippen LogP contribution in [0.5, 0.6) is 0 Å². The van der Waals surface area contributed by atoms with Crippen LogP contribution in [-0.2, 0) is 0 Å². The summed E-state index contributed by atoms with van der Waals surface area (Å²) < 4.78 is 0. The van der Waals surface area contributed by atoms with E-state index < -0.39 is 0 Å².